The van der Waals surface area contributed by atoms with Crippen molar-refractivity contribution in [3.63, 3.8) is 0 Å². The van der Waals surface area contributed by atoms with Crippen molar-refractivity contribution in [1.82, 2.24) is 4.98 Å². The van der Waals surface area contributed by atoms with Crippen molar-refractivity contribution in [1.29, 1.82) is 0 Å². The Morgan fingerprint density at radius 2 is 1.80 bits per heavy atom. The van der Waals surface area contributed by atoms with Gasteiger partial charge in [-0.1, -0.05) is 13.8 Å². The number of nitrogens with zero attached hydrogens (tertiary/aromatic N) is 2. The highest BCUT2D eigenvalue weighted by molar-refractivity contribution is 5.66. The van der Waals surface area contributed by atoms with Crippen LogP contribution in [0.15, 0.2) is 12.3 Å². The average molecular weight is 208 g/mol. The molecule has 0 radical (unpaired) electrons. The summed E-state index contributed by atoms with van der Waals surface area (Å²) in [7, 11) is 0. The Morgan fingerprint density at radius 1 is 1.20 bits per heavy atom. The van der Waals surface area contributed by atoms with E-state index in [2.05, 4.69) is 23.7 Å². The molecule has 1 aromatic heterocycles. The average Bonchev–Trinajstić information content (AvgIpc) is 2.17. The summed E-state index contributed by atoms with van der Waals surface area (Å²) in [6.45, 7) is 6.26. The van der Waals surface area contributed by atoms with Crippen LogP contribution in [0.1, 0.15) is 26.7 Å². The second kappa shape index (κ2) is 5.44. The van der Waals surface area contributed by atoms with Crippen LogP contribution in [0.3, 0.4) is 0 Å². The molecule has 15 heavy (non-hydrogen) atoms. The first kappa shape index (κ1) is 11.6. The molecule has 0 saturated carbocycles. The summed E-state index contributed by atoms with van der Waals surface area (Å²) in [6, 6.07) is 1.76. The monoisotopic (exact) mass is 208 g/mol. The molecule has 1 rings (SSSR count). The van der Waals surface area contributed by atoms with Crippen LogP contribution >= 0.6 is 0 Å². The van der Waals surface area contributed by atoms with E-state index in [0.717, 1.165) is 31.7 Å². The number of hydrogen-bond acceptors (Lipinski definition) is 4. The van der Waals surface area contributed by atoms with Gasteiger partial charge in [-0.3, -0.25) is 0 Å². The molecule has 0 amide bonds. The van der Waals surface area contributed by atoms with Crippen molar-refractivity contribution in [3.8, 4) is 0 Å². The molecule has 0 aromatic carbocycles. The van der Waals surface area contributed by atoms with Gasteiger partial charge in [-0.2, -0.15) is 0 Å². The zero-order valence-electron chi connectivity index (χ0n) is 9.53. The first-order valence-corrected chi connectivity index (χ1v) is 5.45. The number of nitrogen functional groups attached to an aromatic ring is 2. The highest BCUT2D eigenvalue weighted by Crippen LogP contribution is 2.22. The lowest BCUT2D eigenvalue weighted by Gasteiger charge is -2.23. The molecule has 0 bridgehead atoms. The topological polar surface area (TPSA) is 68.2 Å². The fraction of sp³-hybridized carbons (Fsp3) is 0.545. The number of pyridine rings is 1. The molecule has 4 nitrogen and oxygen atoms in total. The van der Waals surface area contributed by atoms with Gasteiger partial charge in [0.15, 0.2) is 5.82 Å². The fourth-order valence-corrected chi connectivity index (χ4v) is 1.62. The molecular weight excluding hydrogens is 188 g/mol. The van der Waals surface area contributed by atoms with Crippen LogP contribution < -0.4 is 16.4 Å². The zero-order chi connectivity index (χ0) is 11.3. The predicted molar refractivity (Wildman–Crippen MR) is 65.9 cm³/mol. The minimum atomic E-state index is 0.615. The molecule has 0 aliphatic rings. The minimum Gasteiger partial charge on any atom is -0.397 e. The third kappa shape index (κ3) is 3.01. The van der Waals surface area contributed by atoms with Crippen molar-refractivity contribution in [3.05, 3.63) is 12.3 Å². The van der Waals surface area contributed by atoms with Crippen LogP contribution in [0.4, 0.5) is 17.2 Å². The largest absolute Gasteiger partial charge is 0.397 e. The van der Waals surface area contributed by atoms with Gasteiger partial charge in [-0.05, 0) is 18.9 Å². The molecule has 4 N–H and O–H groups in total. The Hall–Kier alpha value is -1.45. The standard InChI is InChI=1S/C11H20N4/c1-3-5-15(6-4-2)11-10(13)7-9(12)8-14-11/h7-8H,3-6,12-13H2,1-2H3. The Balaban J connectivity index is 2.89. The maximum Gasteiger partial charge on any atom is 0.151 e. The zero-order valence-corrected chi connectivity index (χ0v) is 9.53. The number of rotatable bonds is 5. The number of nitrogens with two attached hydrogens (primary N) is 2. The second-order valence-electron chi connectivity index (χ2n) is 3.67. The fourth-order valence-electron chi connectivity index (χ4n) is 1.62. The van der Waals surface area contributed by atoms with E-state index in [1.54, 1.807) is 12.3 Å². The van der Waals surface area contributed by atoms with Gasteiger partial charge in [0.2, 0.25) is 0 Å². The van der Waals surface area contributed by atoms with E-state index in [9.17, 15) is 0 Å². The quantitative estimate of drug-likeness (QED) is 0.775. The van der Waals surface area contributed by atoms with Gasteiger partial charge in [0.1, 0.15) is 0 Å². The van der Waals surface area contributed by atoms with E-state index in [-0.39, 0.29) is 0 Å². The SMILES string of the molecule is CCCN(CCC)c1ncc(N)cc1N. The third-order valence-corrected chi connectivity index (χ3v) is 2.20. The number of aromatic nitrogens is 1. The Kier molecular flexibility index (Phi) is 4.21. The van der Waals surface area contributed by atoms with E-state index in [4.69, 9.17) is 11.5 Å². The molecule has 84 valence electrons. The number of anilines is 3. The summed E-state index contributed by atoms with van der Waals surface area (Å²) in [5.41, 5.74) is 12.8. The lowest BCUT2D eigenvalue weighted by atomic mass is 10.3. The van der Waals surface area contributed by atoms with Gasteiger partial charge in [0.05, 0.1) is 17.6 Å². The maximum absolute atomic E-state index is 5.90. The Labute approximate surface area is 91.3 Å². The van der Waals surface area contributed by atoms with Crippen molar-refractivity contribution in [2.45, 2.75) is 26.7 Å². The molecule has 0 unspecified atom stereocenters. The highest BCUT2D eigenvalue weighted by atomic mass is 15.2. The van der Waals surface area contributed by atoms with Crippen molar-refractivity contribution in [2.24, 2.45) is 0 Å². The summed E-state index contributed by atoms with van der Waals surface area (Å²) in [6.07, 6.45) is 3.83. The summed E-state index contributed by atoms with van der Waals surface area (Å²) in [4.78, 5) is 6.49. The van der Waals surface area contributed by atoms with Gasteiger partial charge in [-0.15, -0.1) is 0 Å². The number of hydrogen-bond donors (Lipinski definition) is 2. The first-order chi connectivity index (χ1) is 7.19. The smallest absolute Gasteiger partial charge is 0.151 e. The van der Waals surface area contributed by atoms with Crippen molar-refractivity contribution < 1.29 is 0 Å². The molecule has 1 heterocycles. The molecule has 4 heteroatoms. The summed E-state index contributed by atoms with van der Waals surface area (Å²) in [5.74, 6) is 0.855. The van der Waals surface area contributed by atoms with Crippen LogP contribution in [-0.2, 0) is 0 Å². The van der Waals surface area contributed by atoms with Gasteiger partial charge < -0.3 is 16.4 Å². The third-order valence-electron chi connectivity index (χ3n) is 2.20. The molecule has 0 spiro atoms. The van der Waals surface area contributed by atoms with E-state index in [0.29, 0.717) is 11.4 Å². The molecule has 0 aliphatic heterocycles. The minimum absolute atomic E-state index is 0.615. The molecule has 1 aromatic rings. The lowest BCUT2D eigenvalue weighted by molar-refractivity contribution is 0.735. The van der Waals surface area contributed by atoms with Crippen LogP contribution in [0, 0.1) is 0 Å². The van der Waals surface area contributed by atoms with E-state index in [1.807, 2.05) is 0 Å². The van der Waals surface area contributed by atoms with Gasteiger partial charge in [0.25, 0.3) is 0 Å². The summed E-state index contributed by atoms with van der Waals surface area (Å²) >= 11 is 0. The first-order valence-electron chi connectivity index (χ1n) is 5.45. The van der Waals surface area contributed by atoms with E-state index >= 15 is 0 Å². The molecular formula is C11H20N4. The molecule has 0 atom stereocenters. The normalized spacial score (nSPS) is 10.3. The molecule has 0 fully saturated rings. The van der Waals surface area contributed by atoms with Crippen molar-refractivity contribution in [2.75, 3.05) is 29.5 Å². The lowest BCUT2D eigenvalue weighted by Crippen LogP contribution is -2.26. The Morgan fingerprint density at radius 3 is 2.27 bits per heavy atom. The Bertz CT molecular complexity index is 305. The molecule has 0 aliphatic carbocycles. The van der Waals surface area contributed by atoms with Crippen molar-refractivity contribution >= 4 is 17.2 Å². The summed E-state index contributed by atoms with van der Waals surface area (Å²) < 4.78 is 0. The van der Waals surface area contributed by atoms with Crippen LogP contribution in [0.25, 0.3) is 0 Å². The van der Waals surface area contributed by atoms with E-state index < -0.39 is 0 Å². The van der Waals surface area contributed by atoms with Crippen LogP contribution in [-0.4, -0.2) is 18.1 Å². The van der Waals surface area contributed by atoms with Crippen LogP contribution in [0.5, 0.6) is 0 Å². The highest BCUT2D eigenvalue weighted by Gasteiger charge is 2.09. The van der Waals surface area contributed by atoms with Gasteiger partial charge in [0, 0.05) is 13.1 Å². The summed E-state index contributed by atoms with van der Waals surface area (Å²) in [5, 5.41) is 0. The molecule has 0 saturated heterocycles. The second-order valence-corrected chi connectivity index (χ2v) is 3.67. The van der Waals surface area contributed by atoms with E-state index in [1.165, 1.54) is 0 Å². The van der Waals surface area contributed by atoms with Crippen LogP contribution in [0.2, 0.25) is 0 Å². The van der Waals surface area contributed by atoms with Gasteiger partial charge >= 0.3 is 0 Å². The predicted octanol–water partition coefficient (Wildman–Crippen LogP) is 1.87. The maximum atomic E-state index is 5.90. The van der Waals surface area contributed by atoms with Gasteiger partial charge in [-0.25, -0.2) is 4.98 Å².